The molecule has 0 spiro atoms. The van der Waals surface area contributed by atoms with Crippen molar-refractivity contribution in [2.75, 3.05) is 0 Å². The number of hydrogen-bond donors (Lipinski definition) is 0. The van der Waals surface area contributed by atoms with Crippen molar-refractivity contribution in [1.82, 2.24) is 0 Å². The van der Waals surface area contributed by atoms with Gasteiger partial charge in [0, 0.05) is 10.8 Å². The Bertz CT molecular complexity index is 2920. The molecule has 0 amide bonds. The standard InChI is InChI=1S/2C22H20.C20H20/c2*1-15-8-10-16(11-9-15)17-12-13-19-18-6-4-5-7-20(18)22(2,3)21(19)14-17;1-4-6-17-13-20-18(15(17)3)7-5-8-19(20)16-11-9-14(2)10-12-16/h2*4-14H,1-3H3;4-12H,13H2,1-3H3/b;;6-4-. The summed E-state index contributed by atoms with van der Waals surface area (Å²) in [5, 5.41) is 0. The highest BCUT2D eigenvalue weighted by molar-refractivity contribution is 5.86. The molecule has 0 radical (unpaired) electrons. The van der Waals surface area contributed by atoms with Gasteiger partial charge in [0.15, 0.2) is 0 Å². The molecule has 8 aromatic carbocycles. The van der Waals surface area contributed by atoms with Crippen LogP contribution in [0.3, 0.4) is 0 Å². The molecule has 0 aromatic heterocycles. The Hall–Kier alpha value is -6.76. The van der Waals surface area contributed by atoms with Gasteiger partial charge in [0.2, 0.25) is 0 Å². The van der Waals surface area contributed by atoms with Crippen molar-refractivity contribution < 1.29 is 0 Å². The van der Waals surface area contributed by atoms with Gasteiger partial charge < -0.3 is 0 Å². The minimum atomic E-state index is 0.0760. The summed E-state index contributed by atoms with van der Waals surface area (Å²) in [5.41, 5.74) is 29.0. The molecule has 8 aromatic rings. The minimum absolute atomic E-state index is 0.0760. The predicted molar refractivity (Wildman–Crippen MR) is 276 cm³/mol. The highest BCUT2D eigenvalue weighted by Gasteiger charge is 2.36. The van der Waals surface area contributed by atoms with Crippen molar-refractivity contribution in [2.24, 2.45) is 0 Å². The van der Waals surface area contributed by atoms with E-state index in [9.17, 15) is 0 Å². The van der Waals surface area contributed by atoms with Gasteiger partial charge in [-0.1, -0.05) is 220 Å². The maximum absolute atomic E-state index is 2.38. The van der Waals surface area contributed by atoms with Crippen molar-refractivity contribution in [3.63, 3.8) is 0 Å². The third kappa shape index (κ3) is 7.81. The molecule has 0 heterocycles. The summed E-state index contributed by atoms with van der Waals surface area (Å²) >= 11 is 0. The van der Waals surface area contributed by atoms with Crippen LogP contribution in [0.5, 0.6) is 0 Å². The Morgan fingerprint density at radius 2 is 0.734 bits per heavy atom. The fourth-order valence-electron chi connectivity index (χ4n) is 10.3. The maximum Gasteiger partial charge on any atom is 0.0159 e. The lowest BCUT2D eigenvalue weighted by molar-refractivity contribution is 0.660. The first-order valence-electron chi connectivity index (χ1n) is 23.0. The molecule has 0 unspecified atom stereocenters. The number of rotatable bonds is 4. The molecule has 0 nitrogen and oxygen atoms in total. The van der Waals surface area contributed by atoms with E-state index in [-0.39, 0.29) is 10.8 Å². The molecule has 0 atom stereocenters. The normalized spacial score (nSPS) is 14.4. The summed E-state index contributed by atoms with van der Waals surface area (Å²) in [4.78, 5) is 0. The van der Waals surface area contributed by atoms with Crippen LogP contribution in [0, 0.1) is 20.8 Å². The molecule has 0 aliphatic heterocycles. The second-order valence-corrected chi connectivity index (χ2v) is 19.1. The number of aryl methyl sites for hydroxylation is 3. The smallest absolute Gasteiger partial charge is 0.0159 e. The second kappa shape index (κ2) is 17.1. The molecule has 64 heavy (non-hydrogen) atoms. The van der Waals surface area contributed by atoms with Gasteiger partial charge in [-0.2, -0.15) is 0 Å². The van der Waals surface area contributed by atoms with Crippen LogP contribution in [0.4, 0.5) is 0 Å². The SMILES string of the molecule is C/C=C\C1=C(C)c2cccc(-c3ccc(C)cc3)c2C1.Cc1ccc(-c2ccc3c(c2)C(C)(C)c2ccccc2-3)cc1.Cc1ccc(-c2ccc3c(c2)C(C)(C)c2ccccc2-3)cc1. The predicted octanol–water partition coefficient (Wildman–Crippen LogP) is 17.5. The van der Waals surface area contributed by atoms with Crippen molar-refractivity contribution in [1.29, 1.82) is 0 Å². The molecule has 0 fully saturated rings. The zero-order valence-corrected chi connectivity index (χ0v) is 39.1. The van der Waals surface area contributed by atoms with Crippen molar-refractivity contribution in [2.45, 2.75) is 79.6 Å². The van der Waals surface area contributed by atoms with Crippen LogP contribution < -0.4 is 0 Å². The van der Waals surface area contributed by atoms with E-state index in [1.54, 1.807) is 0 Å². The fraction of sp³-hybridized carbons (Fsp3) is 0.188. The van der Waals surface area contributed by atoms with Gasteiger partial charge >= 0.3 is 0 Å². The quantitative estimate of drug-likeness (QED) is 0.166. The molecule has 0 N–H and O–H groups in total. The minimum Gasteiger partial charge on any atom is -0.0874 e. The molecule has 3 aliphatic rings. The molecule has 0 heteroatoms. The Kier molecular flexibility index (Phi) is 11.4. The first-order valence-corrected chi connectivity index (χ1v) is 23.0. The summed E-state index contributed by atoms with van der Waals surface area (Å²) < 4.78 is 0. The Morgan fingerprint density at radius 1 is 0.359 bits per heavy atom. The van der Waals surface area contributed by atoms with Crippen LogP contribution in [-0.2, 0) is 17.3 Å². The van der Waals surface area contributed by atoms with E-state index in [4.69, 9.17) is 0 Å². The average Bonchev–Trinajstić information content (AvgIpc) is 3.85. The van der Waals surface area contributed by atoms with Crippen molar-refractivity contribution in [3.8, 4) is 55.6 Å². The lowest BCUT2D eigenvalue weighted by atomic mass is 9.81. The zero-order valence-electron chi connectivity index (χ0n) is 39.1. The Balaban J connectivity index is 0.000000122. The Morgan fingerprint density at radius 3 is 1.19 bits per heavy atom. The lowest BCUT2D eigenvalue weighted by Crippen LogP contribution is -2.14. The van der Waals surface area contributed by atoms with Crippen LogP contribution in [0.15, 0.2) is 194 Å². The van der Waals surface area contributed by atoms with Crippen molar-refractivity contribution in [3.05, 3.63) is 244 Å². The average molecular weight is 829 g/mol. The second-order valence-electron chi connectivity index (χ2n) is 19.1. The first kappa shape index (κ1) is 42.5. The van der Waals surface area contributed by atoms with Gasteiger partial charge in [-0.05, 0) is 153 Å². The highest BCUT2D eigenvalue weighted by Crippen LogP contribution is 2.51. The third-order valence-corrected chi connectivity index (χ3v) is 14.1. The molecule has 3 aliphatic carbocycles. The van der Waals surface area contributed by atoms with E-state index in [2.05, 4.69) is 250 Å². The summed E-state index contributed by atoms with van der Waals surface area (Å²) in [5.74, 6) is 0. The maximum atomic E-state index is 2.38. The van der Waals surface area contributed by atoms with E-state index >= 15 is 0 Å². The van der Waals surface area contributed by atoms with Gasteiger partial charge in [-0.15, -0.1) is 0 Å². The third-order valence-electron chi connectivity index (χ3n) is 14.1. The molecular formula is C64H60. The largest absolute Gasteiger partial charge is 0.0874 e. The van der Waals surface area contributed by atoms with Gasteiger partial charge in [0.25, 0.3) is 0 Å². The number of allylic oxidation sites excluding steroid dienone is 4. The molecule has 0 bridgehead atoms. The Labute approximate surface area is 382 Å². The first-order chi connectivity index (χ1) is 30.8. The van der Waals surface area contributed by atoms with E-state index in [1.807, 2.05) is 0 Å². The highest BCUT2D eigenvalue weighted by atomic mass is 14.4. The van der Waals surface area contributed by atoms with Gasteiger partial charge in [0.05, 0.1) is 0 Å². The summed E-state index contributed by atoms with van der Waals surface area (Å²) in [6.45, 7) is 20.0. The monoisotopic (exact) mass is 828 g/mol. The van der Waals surface area contributed by atoms with Gasteiger partial charge in [-0.3, -0.25) is 0 Å². The summed E-state index contributed by atoms with van der Waals surface area (Å²) in [7, 11) is 0. The molecular weight excluding hydrogens is 769 g/mol. The van der Waals surface area contributed by atoms with Crippen LogP contribution in [0.25, 0.3) is 61.2 Å². The van der Waals surface area contributed by atoms with E-state index in [1.165, 1.54) is 117 Å². The zero-order chi connectivity index (χ0) is 44.8. The van der Waals surface area contributed by atoms with Crippen LogP contribution in [0.1, 0.15) is 91.6 Å². The van der Waals surface area contributed by atoms with Gasteiger partial charge in [0.1, 0.15) is 0 Å². The molecule has 11 rings (SSSR count). The number of hydrogen-bond acceptors (Lipinski definition) is 0. The summed E-state index contributed by atoms with van der Waals surface area (Å²) in [6, 6.07) is 64.5. The van der Waals surface area contributed by atoms with E-state index in [0.29, 0.717) is 0 Å². The van der Waals surface area contributed by atoms with E-state index < -0.39 is 0 Å². The lowest BCUT2D eigenvalue weighted by Gasteiger charge is -2.22. The van der Waals surface area contributed by atoms with Crippen LogP contribution >= 0.6 is 0 Å². The fourth-order valence-corrected chi connectivity index (χ4v) is 10.3. The van der Waals surface area contributed by atoms with E-state index in [0.717, 1.165) is 6.42 Å². The summed E-state index contributed by atoms with van der Waals surface area (Å²) in [6.07, 6.45) is 5.43. The molecule has 0 saturated heterocycles. The van der Waals surface area contributed by atoms with Crippen molar-refractivity contribution >= 4 is 5.57 Å². The van der Waals surface area contributed by atoms with Crippen LogP contribution in [-0.4, -0.2) is 0 Å². The molecule has 0 saturated carbocycles. The number of fused-ring (bicyclic) bond motifs is 7. The van der Waals surface area contributed by atoms with Gasteiger partial charge in [-0.25, -0.2) is 0 Å². The molecule has 316 valence electrons. The number of benzene rings is 8. The topological polar surface area (TPSA) is 0 Å². The van der Waals surface area contributed by atoms with Crippen LogP contribution in [0.2, 0.25) is 0 Å².